The molecule has 0 spiro atoms. The summed E-state index contributed by atoms with van der Waals surface area (Å²) in [7, 11) is 1.87. The van der Waals surface area contributed by atoms with Gasteiger partial charge in [0.25, 0.3) is 0 Å². The minimum Gasteiger partial charge on any atom is -0.455 e. The van der Waals surface area contributed by atoms with Crippen LogP contribution in [0.2, 0.25) is 5.02 Å². The number of hydrogen-bond donors (Lipinski definition) is 1. The third-order valence-corrected chi connectivity index (χ3v) is 9.11. The van der Waals surface area contributed by atoms with Gasteiger partial charge in [-0.1, -0.05) is 35.9 Å². The van der Waals surface area contributed by atoms with Gasteiger partial charge in [-0.3, -0.25) is 9.59 Å². The summed E-state index contributed by atoms with van der Waals surface area (Å²) in [5.74, 6) is 1.04. The second-order valence-corrected chi connectivity index (χ2v) is 12.3. The molecule has 1 aliphatic carbocycles. The van der Waals surface area contributed by atoms with E-state index in [-0.39, 0.29) is 30.9 Å². The first kappa shape index (κ1) is 30.3. The first-order valence-electron chi connectivity index (χ1n) is 14.6. The van der Waals surface area contributed by atoms with Crippen LogP contribution in [0.25, 0.3) is 0 Å². The highest BCUT2D eigenvalue weighted by Gasteiger charge is 2.29. The molecule has 0 atom stereocenters. The van der Waals surface area contributed by atoms with Gasteiger partial charge in [-0.05, 0) is 98.6 Å². The van der Waals surface area contributed by atoms with E-state index in [9.17, 15) is 9.59 Å². The molecule has 1 heterocycles. The Hall–Kier alpha value is -3.20. The Morgan fingerprint density at radius 3 is 2.36 bits per heavy atom. The average molecular weight is 607 g/mol. The monoisotopic (exact) mass is 606 g/mol. The zero-order valence-corrected chi connectivity index (χ0v) is 25.9. The molecule has 9 heteroatoms. The Kier molecular flexibility index (Phi) is 10.3. The van der Waals surface area contributed by atoms with E-state index in [4.69, 9.17) is 16.3 Å². The molecule has 0 saturated carbocycles. The topological polar surface area (TPSA) is 65.1 Å². The van der Waals surface area contributed by atoms with Gasteiger partial charge in [0.2, 0.25) is 11.8 Å². The predicted molar refractivity (Wildman–Crippen MR) is 171 cm³/mol. The Balaban J connectivity index is 1.35. The van der Waals surface area contributed by atoms with Crippen LogP contribution in [0.15, 0.2) is 71.6 Å². The summed E-state index contributed by atoms with van der Waals surface area (Å²) in [6.45, 7) is 3.68. The van der Waals surface area contributed by atoms with Gasteiger partial charge in [0.1, 0.15) is 5.75 Å². The molecule has 1 fully saturated rings. The van der Waals surface area contributed by atoms with Crippen molar-refractivity contribution in [2.24, 2.45) is 0 Å². The van der Waals surface area contributed by atoms with Crippen molar-refractivity contribution in [1.82, 2.24) is 15.1 Å². The molecule has 1 saturated heterocycles. The number of likely N-dealkylation sites (N-methyl/N-ethyl adjacent to an activating group) is 1. The van der Waals surface area contributed by atoms with E-state index in [1.165, 1.54) is 24.0 Å². The summed E-state index contributed by atoms with van der Waals surface area (Å²) >= 11 is 7.69. The number of thioether (sulfide) groups is 1. The van der Waals surface area contributed by atoms with Gasteiger partial charge in [-0.25, -0.2) is 0 Å². The molecule has 2 aliphatic rings. The number of nitrogens with zero attached hydrogens (tertiary/aromatic N) is 3. The van der Waals surface area contributed by atoms with Gasteiger partial charge in [-0.2, -0.15) is 0 Å². The Morgan fingerprint density at radius 2 is 1.69 bits per heavy atom. The highest BCUT2D eigenvalue weighted by atomic mass is 35.5. The number of likely N-dealkylation sites (tertiary alicyclic amines) is 1. The molecule has 5 rings (SSSR count). The number of amides is 2. The van der Waals surface area contributed by atoms with E-state index in [2.05, 4.69) is 22.3 Å². The predicted octanol–water partition coefficient (Wildman–Crippen LogP) is 5.50. The van der Waals surface area contributed by atoms with Gasteiger partial charge < -0.3 is 24.8 Å². The molecule has 0 unspecified atom stereocenters. The molecule has 0 aromatic heterocycles. The summed E-state index contributed by atoms with van der Waals surface area (Å²) in [5.41, 5.74) is 3.29. The largest absolute Gasteiger partial charge is 0.455 e. The number of anilines is 1. The van der Waals surface area contributed by atoms with Crippen LogP contribution in [0, 0.1) is 0 Å². The van der Waals surface area contributed by atoms with Crippen molar-refractivity contribution in [3.63, 3.8) is 0 Å². The van der Waals surface area contributed by atoms with Gasteiger partial charge in [0.05, 0.1) is 18.8 Å². The SMILES string of the molecule is CSc1ccc(Oc2ccc(Cl)cc2)c(N(CC(=O)NCCN2CCCC2)CC(=O)N(C)C2Cc3ccccc3C2)c1. The van der Waals surface area contributed by atoms with Crippen molar-refractivity contribution in [3.8, 4) is 11.5 Å². The molecule has 0 radical (unpaired) electrons. The van der Waals surface area contributed by atoms with E-state index in [0.717, 1.165) is 37.4 Å². The third-order valence-electron chi connectivity index (χ3n) is 8.13. The molecule has 42 heavy (non-hydrogen) atoms. The molecule has 2 amide bonds. The minimum absolute atomic E-state index is 0.0373. The summed E-state index contributed by atoms with van der Waals surface area (Å²) in [5, 5.41) is 3.70. The van der Waals surface area contributed by atoms with E-state index < -0.39 is 0 Å². The quantitative estimate of drug-likeness (QED) is 0.275. The maximum atomic E-state index is 13.8. The maximum Gasteiger partial charge on any atom is 0.242 e. The van der Waals surface area contributed by atoms with Crippen LogP contribution in [0.4, 0.5) is 5.69 Å². The van der Waals surface area contributed by atoms with E-state index in [1.807, 2.05) is 53.4 Å². The van der Waals surface area contributed by atoms with Crippen LogP contribution in [0.1, 0.15) is 24.0 Å². The van der Waals surface area contributed by atoms with Crippen molar-refractivity contribution in [2.75, 3.05) is 57.5 Å². The van der Waals surface area contributed by atoms with E-state index in [0.29, 0.717) is 28.8 Å². The smallest absolute Gasteiger partial charge is 0.242 e. The molecule has 3 aromatic rings. The van der Waals surface area contributed by atoms with Crippen LogP contribution < -0.4 is 15.0 Å². The van der Waals surface area contributed by atoms with Crippen LogP contribution in [0.3, 0.4) is 0 Å². The average Bonchev–Trinajstić information content (AvgIpc) is 3.68. The van der Waals surface area contributed by atoms with Gasteiger partial charge in [-0.15, -0.1) is 11.8 Å². The summed E-state index contributed by atoms with van der Waals surface area (Å²) in [4.78, 5) is 34.1. The number of hydrogen-bond acceptors (Lipinski definition) is 6. The Labute approximate surface area is 258 Å². The van der Waals surface area contributed by atoms with Crippen molar-refractivity contribution >= 4 is 40.9 Å². The maximum absolute atomic E-state index is 13.8. The Morgan fingerprint density at radius 1 is 1.00 bits per heavy atom. The van der Waals surface area contributed by atoms with Gasteiger partial charge >= 0.3 is 0 Å². The second kappa shape index (κ2) is 14.3. The lowest BCUT2D eigenvalue weighted by Crippen LogP contribution is -2.47. The van der Waals surface area contributed by atoms with Crippen LogP contribution in [0.5, 0.6) is 11.5 Å². The number of ether oxygens (including phenoxy) is 1. The molecular weight excluding hydrogens is 568 g/mol. The molecule has 3 aromatic carbocycles. The fraction of sp³-hybridized carbons (Fsp3) is 0.394. The summed E-state index contributed by atoms with van der Waals surface area (Å²) < 4.78 is 6.29. The molecular formula is C33H39ClN4O3S. The number of nitrogens with one attached hydrogen (secondary N) is 1. The summed E-state index contributed by atoms with van der Waals surface area (Å²) in [6, 6.07) is 21.5. The normalized spacial score (nSPS) is 14.9. The second-order valence-electron chi connectivity index (χ2n) is 11.0. The minimum atomic E-state index is -0.120. The number of halogens is 1. The zero-order chi connectivity index (χ0) is 29.5. The number of rotatable bonds is 12. The summed E-state index contributed by atoms with van der Waals surface area (Å²) in [6.07, 6.45) is 6.10. The van der Waals surface area contributed by atoms with Crippen LogP contribution in [-0.2, 0) is 22.4 Å². The van der Waals surface area contributed by atoms with Crippen molar-refractivity contribution in [1.29, 1.82) is 0 Å². The van der Waals surface area contributed by atoms with Crippen molar-refractivity contribution < 1.29 is 14.3 Å². The first-order valence-corrected chi connectivity index (χ1v) is 16.2. The third kappa shape index (κ3) is 7.79. The fourth-order valence-electron chi connectivity index (χ4n) is 5.69. The lowest BCUT2D eigenvalue weighted by molar-refractivity contribution is -0.130. The lowest BCUT2D eigenvalue weighted by atomic mass is 10.1. The highest BCUT2D eigenvalue weighted by Crippen LogP contribution is 2.36. The standard InChI is InChI=1S/C33H39ClN4O3S/c1-36(27-19-24-7-3-4-8-25(24)20-27)33(40)23-38(22-32(39)35-15-18-37-16-5-6-17-37)30-21-29(42-2)13-14-31(30)41-28-11-9-26(34)10-12-28/h3-4,7-14,21,27H,5-6,15-20,22-23H2,1-2H3,(H,35,39). The zero-order valence-electron chi connectivity index (χ0n) is 24.4. The fourth-order valence-corrected chi connectivity index (χ4v) is 6.25. The van der Waals surface area contributed by atoms with Crippen molar-refractivity contribution in [2.45, 2.75) is 36.6 Å². The van der Waals surface area contributed by atoms with E-state index in [1.54, 1.807) is 36.0 Å². The molecule has 1 N–H and O–H groups in total. The molecule has 0 bridgehead atoms. The van der Waals surface area contributed by atoms with Crippen LogP contribution in [-0.4, -0.2) is 80.2 Å². The van der Waals surface area contributed by atoms with Gasteiger partial charge in [0.15, 0.2) is 5.75 Å². The number of fused-ring (bicyclic) bond motifs is 1. The van der Waals surface area contributed by atoms with Crippen LogP contribution >= 0.6 is 23.4 Å². The van der Waals surface area contributed by atoms with Crippen molar-refractivity contribution in [3.05, 3.63) is 82.9 Å². The number of carbonyl (C=O) groups excluding carboxylic acids is 2. The number of carbonyl (C=O) groups is 2. The lowest BCUT2D eigenvalue weighted by Gasteiger charge is -2.30. The molecule has 7 nitrogen and oxygen atoms in total. The highest BCUT2D eigenvalue weighted by molar-refractivity contribution is 7.98. The molecule has 1 aliphatic heterocycles. The Bertz CT molecular complexity index is 1350. The first-order chi connectivity index (χ1) is 20.4. The number of benzene rings is 3. The molecule has 222 valence electrons. The van der Waals surface area contributed by atoms with Gasteiger partial charge in [0, 0.05) is 36.1 Å². The van der Waals surface area contributed by atoms with E-state index >= 15 is 0 Å².